The van der Waals surface area contributed by atoms with Crippen LogP contribution in [0.2, 0.25) is 0 Å². The van der Waals surface area contributed by atoms with E-state index in [4.69, 9.17) is 4.74 Å². The highest BCUT2D eigenvalue weighted by molar-refractivity contribution is 5.41. The Morgan fingerprint density at radius 1 is 1.10 bits per heavy atom. The Balaban J connectivity index is 1.83. The number of nitrogens with one attached hydrogen (secondary N) is 1. The third-order valence-corrected chi connectivity index (χ3v) is 3.80. The van der Waals surface area contributed by atoms with Crippen LogP contribution in [0.1, 0.15) is 36.1 Å². The van der Waals surface area contributed by atoms with Crippen LogP contribution < -0.4 is 10.1 Å². The highest BCUT2D eigenvalue weighted by Gasteiger charge is 2.20. The fraction of sp³-hybridized carbons (Fsp3) is 0.333. The number of hydrogen-bond donors (Lipinski definition) is 1. The van der Waals surface area contributed by atoms with Gasteiger partial charge >= 0.3 is 0 Å². The molecule has 0 unspecified atom stereocenters. The van der Waals surface area contributed by atoms with Gasteiger partial charge < -0.3 is 10.1 Å². The van der Waals surface area contributed by atoms with Gasteiger partial charge in [0.2, 0.25) is 0 Å². The molecule has 0 fully saturated rings. The number of benzene rings is 2. The minimum absolute atomic E-state index is 0.306. The molecule has 2 aromatic rings. The third kappa shape index (κ3) is 2.70. The van der Waals surface area contributed by atoms with Gasteiger partial charge in [-0.2, -0.15) is 0 Å². The SMILES string of the molecule is CCCOc1ccc([C@@H]2NCCc3ccccc32)cc1. The van der Waals surface area contributed by atoms with Crippen molar-refractivity contribution in [2.45, 2.75) is 25.8 Å². The number of ether oxygens (including phenoxy) is 1. The zero-order valence-electron chi connectivity index (χ0n) is 11.9. The molecule has 1 aliphatic heterocycles. The fourth-order valence-electron chi connectivity index (χ4n) is 2.78. The van der Waals surface area contributed by atoms with Crippen molar-refractivity contribution in [2.24, 2.45) is 0 Å². The first-order valence-corrected chi connectivity index (χ1v) is 7.42. The average Bonchev–Trinajstić information content (AvgIpc) is 2.53. The topological polar surface area (TPSA) is 21.3 Å². The standard InChI is InChI=1S/C18H21NO/c1-2-13-20-16-9-7-15(8-10-16)18-17-6-4-3-5-14(17)11-12-19-18/h3-10,18-19H,2,11-13H2,1H3/t18-/m0/s1. The van der Waals surface area contributed by atoms with Gasteiger partial charge in [0.05, 0.1) is 12.6 Å². The number of hydrogen-bond acceptors (Lipinski definition) is 2. The number of fused-ring (bicyclic) bond motifs is 1. The van der Waals surface area contributed by atoms with Gasteiger partial charge in [0.1, 0.15) is 5.75 Å². The van der Waals surface area contributed by atoms with Crippen molar-refractivity contribution in [3.63, 3.8) is 0 Å². The highest BCUT2D eigenvalue weighted by atomic mass is 16.5. The predicted octanol–water partition coefficient (Wildman–Crippen LogP) is 3.71. The van der Waals surface area contributed by atoms with Crippen LogP contribution >= 0.6 is 0 Å². The van der Waals surface area contributed by atoms with Gasteiger partial charge in [0.25, 0.3) is 0 Å². The Labute approximate surface area is 120 Å². The Morgan fingerprint density at radius 3 is 2.70 bits per heavy atom. The van der Waals surface area contributed by atoms with E-state index in [2.05, 4.69) is 60.8 Å². The summed E-state index contributed by atoms with van der Waals surface area (Å²) in [5.41, 5.74) is 4.17. The van der Waals surface area contributed by atoms with Crippen LogP contribution in [-0.4, -0.2) is 13.2 Å². The summed E-state index contributed by atoms with van der Waals surface area (Å²) in [6.45, 7) is 3.94. The molecular formula is C18H21NO. The van der Waals surface area contributed by atoms with Crippen LogP contribution in [0.4, 0.5) is 0 Å². The lowest BCUT2D eigenvalue weighted by atomic mass is 9.90. The maximum atomic E-state index is 5.65. The average molecular weight is 267 g/mol. The maximum absolute atomic E-state index is 5.65. The summed E-state index contributed by atoms with van der Waals surface area (Å²) in [6.07, 6.45) is 2.16. The fourth-order valence-corrected chi connectivity index (χ4v) is 2.78. The van der Waals surface area contributed by atoms with E-state index < -0.39 is 0 Å². The van der Waals surface area contributed by atoms with Crippen molar-refractivity contribution in [2.75, 3.05) is 13.2 Å². The molecule has 0 radical (unpaired) electrons. The smallest absolute Gasteiger partial charge is 0.119 e. The lowest BCUT2D eigenvalue weighted by Gasteiger charge is -2.27. The van der Waals surface area contributed by atoms with E-state index in [1.807, 2.05) is 0 Å². The summed E-state index contributed by atoms with van der Waals surface area (Å²) < 4.78 is 5.65. The molecule has 1 atom stereocenters. The molecule has 0 saturated heterocycles. The molecule has 0 bridgehead atoms. The molecule has 3 rings (SSSR count). The normalized spacial score (nSPS) is 17.6. The summed E-state index contributed by atoms with van der Waals surface area (Å²) in [5, 5.41) is 3.61. The van der Waals surface area contributed by atoms with Gasteiger partial charge in [0, 0.05) is 6.54 Å². The van der Waals surface area contributed by atoms with Gasteiger partial charge in [-0.25, -0.2) is 0 Å². The molecule has 0 aromatic heterocycles. The molecule has 104 valence electrons. The van der Waals surface area contributed by atoms with Gasteiger partial charge in [-0.3, -0.25) is 0 Å². The monoisotopic (exact) mass is 267 g/mol. The van der Waals surface area contributed by atoms with Crippen molar-refractivity contribution < 1.29 is 4.74 Å². The lowest BCUT2D eigenvalue weighted by molar-refractivity contribution is 0.317. The second kappa shape index (κ2) is 6.10. The highest BCUT2D eigenvalue weighted by Crippen LogP contribution is 2.29. The molecule has 0 aliphatic carbocycles. The second-order valence-corrected chi connectivity index (χ2v) is 5.25. The van der Waals surface area contributed by atoms with Crippen LogP contribution in [0.5, 0.6) is 5.75 Å². The molecule has 0 saturated carbocycles. The van der Waals surface area contributed by atoms with Crippen LogP contribution in [0, 0.1) is 0 Å². The van der Waals surface area contributed by atoms with Crippen molar-refractivity contribution in [1.82, 2.24) is 5.32 Å². The molecule has 0 amide bonds. The molecular weight excluding hydrogens is 246 g/mol. The van der Waals surface area contributed by atoms with Crippen molar-refractivity contribution in [1.29, 1.82) is 0 Å². The first kappa shape index (κ1) is 13.2. The Hall–Kier alpha value is -1.80. The zero-order chi connectivity index (χ0) is 13.8. The first-order chi connectivity index (χ1) is 9.88. The van der Waals surface area contributed by atoms with Gasteiger partial charge in [-0.15, -0.1) is 0 Å². The summed E-state index contributed by atoms with van der Waals surface area (Å²) in [5.74, 6) is 0.958. The minimum atomic E-state index is 0.306. The summed E-state index contributed by atoms with van der Waals surface area (Å²) in [7, 11) is 0. The van der Waals surface area contributed by atoms with Crippen LogP contribution in [-0.2, 0) is 6.42 Å². The van der Waals surface area contributed by atoms with Crippen molar-refractivity contribution >= 4 is 0 Å². The third-order valence-electron chi connectivity index (χ3n) is 3.80. The number of rotatable bonds is 4. The van der Waals surface area contributed by atoms with Crippen LogP contribution in [0.15, 0.2) is 48.5 Å². The van der Waals surface area contributed by atoms with E-state index in [1.165, 1.54) is 16.7 Å². The Kier molecular flexibility index (Phi) is 4.03. The van der Waals surface area contributed by atoms with E-state index in [0.29, 0.717) is 6.04 Å². The predicted molar refractivity (Wildman–Crippen MR) is 82.2 cm³/mol. The molecule has 1 N–H and O–H groups in total. The van der Waals surface area contributed by atoms with Crippen LogP contribution in [0.3, 0.4) is 0 Å². The molecule has 2 aromatic carbocycles. The maximum Gasteiger partial charge on any atom is 0.119 e. The van der Waals surface area contributed by atoms with E-state index in [9.17, 15) is 0 Å². The summed E-state index contributed by atoms with van der Waals surface area (Å²) in [4.78, 5) is 0. The van der Waals surface area contributed by atoms with E-state index in [0.717, 1.165) is 31.7 Å². The Bertz CT molecular complexity index is 562. The first-order valence-electron chi connectivity index (χ1n) is 7.42. The molecule has 0 spiro atoms. The van der Waals surface area contributed by atoms with Gasteiger partial charge in [0.15, 0.2) is 0 Å². The van der Waals surface area contributed by atoms with E-state index in [1.54, 1.807) is 0 Å². The molecule has 20 heavy (non-hydrogen) atoms. The van der Waals surface area contributed by atoms with Gasteiger partial charge in [-0.1, -0.05) is 43.3 Å². The lowest BCUT2D eigenvalue weighted by Crippen LogP contribution is -2.30. The molecule has 1 heterocycles. The van der Waals surface area contributed by atoms with E-state index in [-0.39, 0.29) is 0 Å². The second-order valence-electron chi connectivity index (χ2n) is 5.25. The van der Waals surface area contributed by atoms with Crippen molar-refractivity contribution in [3.05, 3.63) is 65.2 Å². The minimum Gasteiger partial charge on any atom is -0.494 e. The molecule has 2 nitrogen and oxygen atoms in total. The van der Waals surface area contributed by atoms with Crippen molar-refractivity contribution in [3.8, 4) is 5.75 Å². The molecule has 1 aliphatic rings. The summed E-state index contributed by atoms with van der Waals surface area (Å²) >= 11 is 0. The quantitative estimate of drug-likeness (QED) is 0.911. The largest absolute Gasteiger partial charge is 0.494 e. The Morgan fingerprint density at radius 2 is 1.90 bits per heavy atom. The van der Waals surface area contributed by atoms with Crippen LogP contribution in [0.25, 0.3) is 0 Å². The summed E-state index contributed by atoms with van der Waals surface area (Å²) in [6, 6.07) is 17.5. The van der Waals surface area contributed by atoms with Gasteiger partial charge in [-0.05, 0) is 41.7 Å². The molecule has 2 heteroatoms. The zero-order valence-corrected chi connectivity index (χ0v) is 11.9. The van der Waals surface area contributed by atoms with E-state index >= 15 is 0 Å².